The number of halogens is 1. The number of rotatable bonds is 3. The fourth-order valence-electron chi connectivity index (χ4n) is 2.75. The molecule has 18 heavy (non-hydrogen) atoms. The summed E-state index contributed by atoms with van der Waals surface area (Å²) in [4.78, 5) is 14.2. The second-order valence-corrected chi connectivity index (χ2v) is 5.47. The summed E-state index contributed by atoms with van der Waals surface area (Å²) in [6.07, 6.45) is 4.41. The second-order valence-electron chi connectivity index (χ2n) is 4.91. The molecule has 0 N–H and O–H groups in total. The molecule has 1 aliphatic rings. The Morgan fingerprint density at radius 2 is 2.11 bits per heavy atom. The summed E-state index contributed by atoms with van der Waals surface area (Å²) in [5.74, 6) is 0.213. The van der Waals surface area contributed by atoms with Crippen LogP contribution in [0.5, 0.6) is 0 Å². The first kappa shape index (κ1) is 13.6. The van der Waals surface area contributed by atoms with Gasteiger partial charge in [-0.3, -0.25) is 4.79 Å². The normalized spacial score (nSPS) is 19.2. The maximum atomic E-state index is 12.1. The van der Waals surface area contributed by atoms with E-state index >= 15 is 0 Å². The molecule has 1 heterocycles. The number of alkyl halides is 1. The van der Waals surface area contributed by atoms with E-state index in [1.54, 1.807) is 0 Å². The van der Waals surface area contributed by atoms with Crippen molar-refractivity contribution >= 4 is 21.8 Å². The third-order valence-electron chi connectivity index (χ3n) is 3.70. The fraction of sp³-hybridized carbons (Fsp3) is 0.533. The summed E-state index contributed by atoms with van der Waals surface area (Å²) in [6.45, 7) is 2.96. The quantitative estimate of drug-likeness (QED) is 0.782. The van der Waals surface area contributed by atoms with Gasteiger partial charge < -0.3 is 4.90 Å². The van der Waals surface area contributed by atoms with Crippen LogP contribution in [0.4, 0.5) is 0 Å². The Balaban J connectivity index is 2.25. The van der Waals surface area contributed by atoms with Crippen LogP contribution < -0.4 is 0 Å². The minimum absolute atomic E-state index is 0.213. The van der Waals surface area contributed by atoms with E-state index in [9.17, 15) is 4.79 Å². The van der Waals surface area contributed by atoms with Crippen LogP contribution in [0.15, 0.2) is 24.3 Å². The summed E-state index contributed by atoms with van der Waals surface area (Å²) in [6, 6.07) is 8.90. The highest BCUT2D eigenvalue weighted by atomic mass is 79.9. The highest BCUT2D eigenvalue weighted by molar-refractivity contribution is 9.09. The van der Waals surface area contributed by atoms with Gasteiger partial charge in [-0.1, -0.05) is 53.5 Å². The van der Waals surface area contributed by atoms with Crippen LogP contribution in [-0.4, -0.2) is 22.2 Å². The van der Waals surface area contributed by atoms with Crippen molar-refractivity contribution in [3.63, 3.8) is 0 Å². The van der Waals surface area contributed by atoms with Crippen LogP contribution in [0.25, 0.3) is 0 Å². The zero-order valence-corrected chi connectivity index (χ0v) is 12.4. The molecule has 0 aromatic heterocycles. The second kappa shape index (κ2) is 6.37. The van der Waals surface area contributed by atoms with Gasteiger partial charge in [-0.2, -0.15) is 0 Å². The standard InChI is InChI=1S/C15H20BrNO/c1-2-5-14-9-8-12-6-3-4-7-13(12)11-17(14)15(18)10-16/h3-4,6-7,14H,2,5,8-11H2,1H3/t14-/m1/s1. The highest BCUT2D eigenvalue weighted by Crippen LogP contribution is 2.25. The average molecular weight is 310 g/mol. The predicted molar refractivity (Wildman–Crippen MR) is 77.8 cm³/mol. The van der Waals surface area contributed by atoms with Gasteiger partial charge in [-0.25, -0.2) is 0 Å². The lowest BCUT2D eigenvalue weighted by Crippen LogP contribution is -2.39. The third-order valence-corrected chi connectivity index (χ3v) is 4.18. The zero-order chi connectivity index (χ0) is 13.0. The molecule has 0 saturated carbocycles. The van der Waals surface area contributed by atoms with E-state index in [1.807, 2.05) is 0 Å². The Morgan fingerprint density at radius 1 is 1.39 bits per heavy atom. The number of hydrogen-bond acceptors (Lipinski definition) is 1. The predicted octanol–water partition coefficient (Wildman–Crippen LogP) is 3.53. The van der Waals surface area contributed by atoms with Crippen LogP contribution in [0.3, 0.4) is 0 Å². The largest absolute Gasteiger partial charge is 0.335 e. The summed E-state index contributed by atoms with van der Waals surface area (Å²) in [5, 5.41) is 0.426. The van der Waals surface area contributed by atoms with Crippen molar-refractivity contribution in [2.75, 3.05) is 5.33 Å². The van der Waals surface area contributed by atoms with Crippen LogP contribution in [0.2, 0.25) is 0 Å². The summed E-state index contributed by atoms with van der Waals surface area (Å²) in [7, 11) is 0. The van der Waals surface area contributed by atoms with E-state index in [2.05, 4.69) is 52.0 Å². The monoisotopic (exact) mass is 309 g/mol. The number of nitrogens with zero attached hydrogens (tertiary/aromatic N) is 1. The molecular formula is C15H20BrNO. The fourth-order valence-corrected chi connectivity index (χ4v) is 3.07. The Kier molecular flexibility index (Phi) is 4.81. The first-order valence-electron chi connectivity index (χ1n) is 6.68. The molecule has 0 spiro atoms. The first-order valence-corrected chi connectivity index (χ1v) is 7.80. The van der Waals surface area contributed by atoms with Gasteiger partial charge in [0, 0.05) is 12.6 Å². The summed E-state index contributed by atoms with van der Waals surface area (Å²) >= 11 is 3.30. The SMILES string of the molecule is CCC[C@@H]1CCc2ccccc2CN1C(=O)CBr. The van der Waals surface area contributed by atoms with Gasteiger partial charge >= 0.3 is 0 Å². The van der Waals surface area contributed by atoms with E-state index in [-0.39, 0.29) is 5.91 Å². The Morgan fingerprint density at radius 3 is 2.78 bits per heavy atom. The van der Waals surface area contributed by atoms with E-state index in [0.29, 0.717) is 11.4 Å². The molecule has 3 heteroatoms. The molecule has 0 radical (unpaired) electrons. The smallest absolute Gasteiger partial charge is 0.233 e. The van der Waals surface area contributed by atoms with Crippen LogP contribution in [-0.2, 0) is 17.8 Å². The van der Waals surface area contributed by atoms with Crippen molar-refractivity contribution in [2.24, 2.45) is 0 Å². The zero-order valence-electron chi connectivity index (χ0n) is 10.9. The van der Waals surface area contributed by atoms with E-state index in [1.165, 1.54) is 11.1 Å². The molecule has 0 aliphatic carbocycles. The van der Waals surface area contributed by atoms with Crippen molar-refractivity contribution < 1.29 is 4.79 Å². The van der Waals surface area contributed by atoms with Crippen molar-refractivity contribution in [3.8, 4) is 0 Å². The average Bonchev–Trinajstić information content (AvgIpc) is 2.58. The number of carbonyl (C=O) groups is 1. The van der Waals surface area contributed by atoms with Crippen molar-refractivity contribution in [1.29, 1.82) is 0 Å². The van der Waals surface area contributed by atoms with Crippen molar-refractivity contribution in [2.45, 2.75) is 45.2 Å². The van der Waals surface area contributed by atoms with Crippen LogP contribution in [0.1, 0.15) is 37.3 Å². The minimum atomic E-state index is 0.213. The van der Waals surface area contributed by atoms with E-state index in [4.69, 9.17) is 0 Å². The van der Waals surface area contributed by atoms with Gasteiger partial charge in [0.15, 0.2) is 0 Å². The lowest BCUT2D eigenvalue weighted by Gasteiger charge is -2.29. The van der Waals surface area contributed by atoms with E-state index < -0.39 is 0 Å². The highest BCUT2D eigenvalue weighted by Gasteiger charge is 2.26. The Hall–Kier alpha value is -0.830. The summed E-state index contributed by atoms with van der Waals surface area (Å²) in [5.41, 5.74) is 2.72. The number of amides is 1. The number of carbonyl (C=O) groups excluding carboxylic acids is 1. The van der Waals surface area contributed by atoms with Gasteiger partial charge in [0.05, 0.1) is 5.33 Å². The molecule has 0 bridgehead atoms. The van der Waals surface area contributed by atoms with Crippen LogP contribution in [0, 0.1) is 0 Å². The molecule has 2 rings (SSSR count). The molecule has 1 aromatic rings. The lowest BCUT2D eigenvalue weighted by molar-refractivity contribution is -0.131. The maximum Gasteiger partial charge on any atom is 0.233 e. The molecule has 1 atom stereocenters. The molecule has 1 aromatic carbocycles. The first-order chi connectivity index (χ1) is 8.76. The molecule has 98 valence electrons. The number of hydrogen-bond donors (Lipinski definition) is 0. The molecule has 2 nitrogen and oxygen atoms in total. The lowest BCUT2D eigenvalue weighted by atomic mass is 10.0. The molecule has 0 saturated heterocycles. The molecule has 1 aliphatic heterocycles. The Labute approximate surface area is 117 Å². The van der Waals surface area contributed by atoms with Gasteiger partial charge in [-0.15, -0.1) is 0 Å². The van der Waals surface area contributed by atoms with E-state index in [0.717, 1.165) is 32.2 Å². The molecule has 0 unspecified atom stereocenters. The molecular weight excluding hydrogens is 290 g/mol. The minimum Gasteiger partial charge on any atom is -0.335 e. The number of aryl methyl sites for hydroxylation is 1. The molecule has 0 fully saturated rings. The van der Waals surface area contributed by atoms with Crippen molar-refractivity contribution in [3.05, 3.63) is 35.4 Å². The van der Waals surface area contributed by atoms with Gasteiger partial charge in [0.25, 0.3) is 0 Å². The van der Waals surface area contributed by atoms with Crippen LogP contribution >= 0.6 is 15.9 Å². The summed E-state index contributed by atoms with van der Waals surface area (Å²) < 4.78 is 0. The van der Waals surface area contributed by atoms with Crippen molar-refractivity contribution in [1.82, 2.24) is 4.90 Å². The topological polar surface area (TPSA) is 20.3 Å². The van der Waals surface area contributed by atoms with Gasteiger partial charge in [0.1, 0.15) is 0 Å². The van der Waals surface area contributed by atoms with Gasteiger partial charge in [0.2, 0.25) is 5.91 Å². The number of benzene rings is 1. The maximum absolute atomic E-state index is 12.1. The number of fused-ring (bicyclic) bond motifs is 1. The van der Waals surface area contributed by atoms with Gasteiger partial charge in [-0.05, 0) is 30.4 Å². The Bertz CT molecular complexity index is 419. The molecule has 1 amide bonds. The third kappa shape index (κ3) is 2.94.